The zero-order valence-corrected chi connectivity index (χ0v) is 15.7. The Kier molecular flexibility index (Phi) is 6.19. The zero-order valence-electron chi connectivity index (χ0n) is 15.7. The molecule has 2 fully saturated rings. The molecule has 1 saturated carbocycles. The highest BCUT2D eigenvalue weighted by molar-refractivity contribution is 5.89. The first-order chi connectivity index (χ1) is 14.0. The first kappa shape index (κ1) is 22.2. The number of rotatable bonds is 6. The summed E-state index contributed by atoms with van der Waals surface area (Å²) in [6.45, 7) is 0.0546. The van der Waals surface area contributed by atoms with Crippen molar-refractivity contribution in [2.45, 2.75) is 50.4 Å². The summed E-state index contributed by atoms with van der Waals surface area (Å²) < 4.78 is 79.4. The zero-order chi connectivity index (χ0) is 22.2. The lowest BCUT2D eigenvalue weighted by molar-refractivity contribution is -0.151. The van der Waals surface area contributed by atoms with Gasteiger partial charge in [0.15, 0.2) is 11.6 Å². The van der Waals surface area contributed by atoms with Crippen molar-refractivity contribution < 1.29 is 41.0 Å². The fourth-order valence-corrected chi connectivity index (χ4v) is 4.47. The molecule has 0 spiro atoms. The molecule has 0 bridgehead atoms. The van der Waals surface area contributed by atoms with Crippen molar-refractivity contribution in [2.75, 3.05) is 11.9 Å². The maximum Gasteiger partial charge on any atom is 0.389 e. The normalized spacial score (nSPS) is 24.6. The van der Waals surface area contributed by atoms with Gasteiger partial charge in [0.2, 0.25) is 5.91 Å². The van der Waals surface area contributed by atoms with Crippen LogP contribution in [0.4, 0.5) is 32.0 Å². The number of benzene rings is 1. The molecule has 1 amide bonds. The number of likely N-dealkylation sites (tertiary alicyclic amines) is 1. The molecule has 1 saturated heterocycles. The van der Waals surface area contributed by atoms with Gasteiger partial charge in [0.1, 0.15) is 23.6 Å². The Morgan fingerprint density at radius 2 is 1.80 bits per heavy atom. The van der Waals surface area contributed by atoms with Crippen LogP contribution in [-0.4, -0.2) is 46.7 Å². The number of carbonyl (C=O) groups is 2. The summed E-state index contributed by atoms with van der Waals surface area (Å²) in [5.41, 5.74) is -0.941. The maximum atomic E-state index is 14.0. The maximum absolute atomic E-state index is 14.0. The van der Waals surface area contributed by atoms with Gasteiger partial charge in [0.25, 0.3) is 0 Å². The van der Waals surface area contributed by atoms with E-state index in [0.29, 0.717) is 25.0 Å². The van der Waals surface area contributed by atoms with Gasteiger partial charge in [-0.1, -0.05) is 6.42 Å². The number of aliphatic carboxylic acids is 1. The van der Waals surface area contributed by atoms with Crippen molar-refractivity contribution in [1.82, 2.24) is 4.90 Å². The lowest BCUT2D eigenvalue weighted by Gasteiger charge is -2.30. The number of carboxylic acid groups (broad SMARTS) is 1. The minimum Gasteiger partial charge on any atom is -0.480 e. The number of hydrogen-bond acceptors (Lipinski definition) is 3. The topological polar surface area (TPSA) is 69.6 Å². The van der Waals surface area contributed by atoms with Crippen LogP contribution in [0.1, 0.15) is 32.1 Å². The predicted molar refractivity (Wildman–Crippen MR) is 93.0 cm³/mol. The molecule has 1 heterocycles. The van der Waals surface area contributed by atoms with Crippen LogP contribution < -0.4 is 5.32 Å². The summed E-state index contributed by atoms with van der Waals surface area (Å²) in [5.74, 6) is -6.70. The summed E-state index contributed by atoms with van der Waals surface area (Å²) >= 11 is 0. The number of hydrogen-bond donors (Lipinski definition) is 2. The summed E-state index contributed by atoms with van der Waals surface area (Å²) in [6, 6.07) is -2.28. The number of nitrogens with zero attached hydrogens (tertiary/aromatic N) is 1. The standard InChI is InChI=1S/C19H20F6N2O3/c20-10-6-12(21)15(13(22)7-10)26-14(4-5-19(23,24)25)17(28)27-8-9-2-1-3-11(9)16(27)18(29)30/h6-7,9,11,14,16,26H,1-5,8H2,(H,29,30)/t9-,11-,14?,16-/m0/s1. The molecular formula is C19H20F6N2O3. The van der Waals surface area contributed by atoms with Crippen LogP contribution in [0.15, 0.2) is 12.1 Å². The molecule has 0 radical (unpaired) electrons. The number of amides is 1. The van der Waals surface area contributed by atoms with Crippen molar-refractivity contribution in [3.8, 4) is 0 Å². The lowest BCUT2D eigenvalue weighted by Crippen LogP contribution is -2.49. The molecule has 1 aromatic rings. The van der Waals surface area contributed by atoms with E-state index in [2.05, 4.69) is 5.32 Å². The Morgan fingerprint density at radius 1 is 1.17 bits per heavy atom. The molecule has 166 valence electrons. The number of alkyl halides is 3. The number of carbonyl (C=O) groups excluding carboxylic acids is 1. The molecule has 1 unspecified atom stereocenters. The molecular weight excluding hydrogens is 418 g/mol. The van der Waals surface area contributed by atoms with Gasteiger partial charge in [0.05, 0.1) is 0 Å². The van der Waals surface area contributed by atoms with Crippen molar-refractivity contribution in [1.29, 1.82) is 0 Å². The minimum absolute atomic E-state index is 0.0546. The third-order valence-corrected chi connectivity index (χ3v) is 5.77. The van der Waals surface area contributed by atoms with E-state index in [1.807, 2.05) is 0 Å². The number of nitrogens with one attached hydrogen (secondary N) is 1. The summed E-state index contributed by atoms with van der Waals surface area (Å²) in [6.07, 6.45) is -4.87. The highest BCUT2D eigenvalue weighted by atomic mass is 19.4. The van der Waals surface area contributed by atoms with E-state index in [0.717, 1.165) is 11.3 Å². The molecule has 4 atom stereocenters. The van der Waals surface area contributed by atoms with Crippen LogP contribution in [0, 0.1) is 29.3 Å². The van der Waals surface area contributed by atoms with E-state index in [9.17, 15) is 41.0 Å². The smallest absolute Gasteiger partial charge is 0.389 e. The second-order valence-electron chi connectivity index (χ2n) is 7.72. The van der Waals surface area contributed by atoms with E-state index in [1.54, 1.807) is 0 Å². The molecule has 5 nitrogen and oxygen atoms in total. The Hall–Kier alpha value is -2.46. The van der Waals surface area contributed by atoms with Crippen molar-refractivity contribution in [3.05, 3.63) is 29.6 Å². The highest BCUT2D eigenvalue weighted by Gasteiger charge is 2.50. The van der Waals surface area contributed by atoms with Crippen LogP contribution in [-0.2, 0) is 9.59 Å². The lowest BCUT2D eigenvalue weighted by atomic mass is 9.94. The molecule has 11 heteroatoms. The fraction of sp³-hybridized carbons (Fsp3) is 0.579. The highest BCUT2D eigenvalue weighted by Crippen LogP contribution is 2.43. The summed E-state index contributed by atoms with van der Waals surface area (Å²) in [7, 11) is 0. The predicted octanol–water partition coefficient (Wildman–Crippen LogP) is 3.94. The molecule has 2 N–H and O–H groups in total. The molecule has 2 aliphatic rings. The van der Waals surface area contributed by atoms with Crippen molar-refractivity contribution in [2.24, 2.45) is 11.8 Å². The Labute approximate surface area is 168 Å². The molecule has 1 aromatic carbocycles. The van der Waals surface area contributed by atoms with Crippen LogP contribution >= 0.6 is 0 Å². The summed E-state index contributed by atoms with van der Waals surface area (Å²) in [5, 5.41) is 11.7. The van der Waals surface area contributed by atoms with Gasteiger partial charge in [-0.3, -0.25) is 4.79 Å². The largest absolute Gasteiger partial charge is 0.480 e. The van der Waals surface area contributed by atoms with E-state index in [1.165, 1.54) is 0 Å². The third-order valence-electron chi connectivity index (χ3n) is 5.77. The molecule has 1 aliphatic carbocycles. The van der Waals surface area contributed by atoms with Gasteiger partial charge in [-0.15, -0.1) is 0 Å². The van der Waals surface area contributed by atoms with Crippen LogP contribution in [0.2, 0.25) is 0 Å². The monoisotopic (exact) mass is 438 g/mol. The van der Waals surface area contributed by atoms with Gasteiger partial charge in [0, 0.05) is 25.1 Å². The van der Waals surface area contributed by atoms with Gasteiger partial charge >= 0.3 is 12.1 Å². The average molecular weight is 438 g/mol. The number of anilines is 1. The average Bonchev–Trinajstić information content (AvgIpc) is 3.19. The quantitative estimate of drug-likeness (QED) is 0.661. The molecule has 0 aromatic heterocycles. The first-order valence-electron chi connectivity index (χ1n) is 9.49. The van der Waals surface area contributed by atoms with Crippen LogP contribution in [0.3, 0.4) is 0 Å². The van der Waals surface area contributed by atoms with Gasteiger partial charge in [-0.05, 0) is 31.1 Å². The Morgan fingerprint density at radius 3 is 2.37 bits per heavy atom. The van der Waals surface area contributed by atoms with E-state index in [-0.39, 0.29) is 18.4 Å². The molecule has 3 rings (SSSR count). The van der Waals surface area contributed by atoms with Crippen molar-refractivity contribution >= 4 is 17.6 Å². The summed E-state index contributed by atoms with van der Waals surface area (Å²) in [4.78, 5) is 25.8. The van der Waals surface area contributed by atoms with Crippen molar-refractivity contribution in [3.63, 3.8) is 0 Å². The SMILES string of the molecule is O=C(O)[C@@H]1[C@H]2CCC[C@H]2CN1C(=O)C(CCC(F)(F)F)Nc1c(F)cc(F)cc1F. The number of fused-ring (bicyclic) bond motifs is 1. The van der Waals surface area contributed by atoms with Gasteiger partial charge in [-0.2, -0.15) is 13.2 Å². The van der Waals surface area contributed by atoms with Gasteiger partial charge < -0.3 is 15.3 Å². The number of halogens is 6. The van der Waals surface area contributed by atoms with E-state index >= 15 is 0 Å². The van der Waals surface area contributed by atoms with Crippen LogP contribution in [0.25, 0.3) is 0 Å². The third kappa shape index (κ3) is 4.65. The molecule has 1 aliphatic heterocycles. The molecule has 30 heavy (non-hydrogen) atoms. The minimum atomic E-state index is -4.65. The second-order valence-corrected chi connectivity index (χ2v) is 7.72. The Bertz CT molecular complexity index is 808. The van der Waals surface area contributed by atoms with Gasteiger partial charge in [-0.25, -0.2) is 18.0 Å². The van der Waals surface area contributed by atoms with E-state index < -0.39 is 66.1 Å². The first-order valence-corrected chi connectivity index (χ1v) is 9.49. The Balaban J connectivity index is 1.88. The van der Waals surface area contributed by atoms with E-state index in [4.69, 9.17) is 0 Å². The number of carboxylic acids is 1. The van der Waals surface area contributed by atoms with Crippen LogP contribution in [0.5, 0.6) is 0 Å². The fourth-order valence-electron chi connectivity index (χ4n) is 4.47. The second kappa shape index (κ2) is 8.35.